The number of hydrogen-bond donors (Lipinski definition) is 2. The Kier molecular flexibility index (Phi) is 2.92. The Morgan fingerprint density at radius 1 is 1.15 bits per heavy atom. The van der Waals surface area contributed by atoms with Gasteiger partial charge in [-0.25, -0.2) is 0 Å². The lowest BCUT2D eigenvalue weighted by atomic mass is 10.2. The first-order chi connectivity index (χ1) is 9.49. The van der Waals surface area contributed by atoms with Crippen LogP contribution in [0, 0.1) is 10.1 Å². The van der Waals surface area contributed by atoms with Crippen LogP contribution in [0.1, 0.15) is 0 Å². The van der Waals surface area contributed by atoms with Crippen molar-refractivity contribution in [1.82, 2.24) is 0 Å². The third kappa shape index (κ3) is 2.03. The first-order valence-electron chi connectivity index (χ1n) is 5.70. The molecule has 1 heterocycles. The number of nitrogens with one attached hydrogen (secondary N) is 2. The topological polar surface area (TPSA) is 84.3 Å². The van der Waals surface area contributed by atoms with E-state index in [4.69, 9.17) is 11.6 Å². The van der Waals surface area contributed by atoms with Gasteiger partial charge in [0.15, 0.2) is 0 Å². The standard InChI is InChI=1S/C12H9ClN3O3P/c13-8-6-10-12(11(7-8)16(17)18)15-20(19,14-10)9-4-2-1-3-5-9/h1-7H,(H2,14,15,19)/t20-/m1/s1. The zero-order valence-corrected chi connectivity index (χ0v) is 11.7. The van der Waals surface area contributed by atoms with Gasteiger partial charge in [0.2, 0.25) is 0 Å². The van der Waals surface area contributed by atoms with E-state index in [0.717, 1.165) is 0 Å². The van der Waals surface area contributed by atoms with Crippen LogP contribution in [-0.4, -0.2) is 4.92 Å². The fourth-order valence-electron chi connectivity index (χ4n) is 2.06. The SMILES string of the molecule is O=[N+]([O-])c1cc(Cl)cc2c1N[P@@](=O)(c1ccccc1)N2. The summed E-state index contributed by atoms with van der Waals surface area (Å²) in [6.07, 6.45) is 0. The normalized spacial score (nSPS) is 19.9. The molecule has 2 aromatic carbocycles. The van der Waals surface area contributed by atoms with E-state index in [0.29, 0.717) is 11.0 Å². The summed E-state index contributed by atoms with van der Waals surface area (Å²) in [6.45, 7) is 0. The maximum Gasteiger partial charge on any atom is 0.296 e. The van der Waals surface area contributed by atoms with Crippen molar-refractivity contribution in [1.29, 1.82) is 0 Å². The van der Waals surface area contributed by atoms with Crippen molar-refractivity contribution in [3.05, 3.63) is 57.6 Å². The number of nitro groups is 1. The predicted molar refractivity (Wildman–Crippen MR) is 79.0 cm³/mol. The Hall–Kier alpha value is -2.04. The van der Waals surface area contributed by atoms with E-state index in [-0.39, 0.29) is 16.4 Å². The van der Waals surface area contributed by atoms with Gasteiger partial charge in [-0.05, 0) is 18.2 Å². The van der Waals surface area contributed by atoms with Gasteiger partial charge in [0, 0.05) is 11.1 Å². The highest BCUT2D eigenvalue weighted by Gasteiger charge is 2.37. The summed E-state index contributed by atoms with van der Waals surface area (Å²) in [5, 5.41) is 17.4. The van der Waals surface area contributed by atoms with Crippen LogP contribution < -0.4 is 15.5 Å². The van der Waals surface area contributed by atoms with Gasteiger partial charge in [0.25, 0.3) is 13.1 Å². The van der Waals surface area contributed by atoms with Crippen LogP contribution in [0.15, 0.2) is 42.5 Å². The van der Waals surface area contributed by atoms with Crippen LogP contribution >= 0.6 is 19.0 Å². The van der Waals surface area contributed by atoms with Gasteiger partial charge in [-0.15, -0.1) is 0 Å². The van der Waals surface area contributed by atoms with E-state index in [1.165, 1.54) is 12.1 Å². The van der Waals surface area contributed by atoms with Crippen molar-refractivity contribution in [2.75, 3.05) is 10.2 Å². The number of nitrogens with zero attached hydrogens (tertiary/aromatic N) is 1. The van der Waals surface area contributed by atoms with Crippen molar-refractivity contribution in [3.63, 3.8) is 0 Å². The molecule has 2 aromatic rings. The van der Waals surface area contributed by atoms with E-state index < -0.39 is 12.4 Å². The number of rotatable bonds is 2. The fourth-order valence-corrected chi connectivity index (χ4v) is 4.25. The maximum atomic E-state index is 12.9. The Balaban J connectivity index is 2.11. The lowest BCUT2D eigenvalue weighted by Crippen LogP contribution is -2.12. The van der Waals surface area contributed by atoms with Crippen LogP contribution in [0.4, 0.5) is 17.1 Å². The molecule has 1 aliphatic heterocycles. The van der Waals surface area contributed by atoms with E-state index >= 15 is 0 Å². The highest BCUT2D eigenvalue weighted by Crippen LogP contribution is 2.56. The molecule has 6 nitrogen and oxygen atoms in total. The summed E-state index contributed by atoms with van der Waals surface area (Å²) in [6, 6.07) is 11.4. The highest BCUT2D eigenvalue weighted by atomic mass is 35.5. The molecule has 1 atom stereocenters. The van der Waals surface area contributed by atoms with Crippen molar-refractivity contribution >= 4 is 41.4 Å². The predicted octanol–water partition coefficient (Wildman–Crippen LogP) is 3.60. The summed E-state index contributed by atoms with van der Waals surface area (Å²) in [5.74, 6) is 0. The van der Waals surface area contributed by atoms with Gasteiger partial charge in [-0.2, -0.15) is 0 Å². The molecule has 0 aliphatic carbocycles. The van der Waals surface area contributed by atoms with Crippen LogP contribution in [0.25, 0.3) is 0 Å². The molecule has 0 radical (unpaired) electrons. The summed E-state index contributed by atoms with van der Waals surface area (Å²) in [5.41, 5.74) is 0.372. The number of halogens is 1. The second-order valence-electron chi connectivity index (χ2n) is 4.27. The number of fused-ring (bicyclic) bond motifs is 1. The molecule has 20 heavy (non-hydrogen) atoms. The Morgan fingerprint density at radius 3 is 2.50 bits per heavy atom. The summed E-state index contributed by atoms with van der Waals surface area (Å²) in [4.78, 5) is 10.5. The zero-order valence-electron chi connectivity index (χ0n) is 10.0. The fraction of sp³-hybridized carbons (Fsp3) is 0. The lowest BCUT2D eigenvalue weighted by Gasteiger charge is -2.12. The number of hydrogen-bond acceptors (Lipinski definition) is 3. The van der Waals surface area contributed by atoms with Crippen molar-refractivity contribution in [2.24, 2.45) is 0 Å². The second-order valence-corrected chi connectivity index (χ2v) is 6.89. The Labute approximate surface area is 119 Å². The third-order valence-corrected chi connectivity index (χ3v) is 5.28. The molecule has 102 valence electrons. The smallest absolute Gasteiger partial charge is 0.296 e. The molecule has 0 amide bonds. The first-order valence-corrected chi connectivity index (χ1v) is 7.78. The molecule has 0 spiro atoms. The molecule has 8 heteroatoms. The van der Waals surface area contributed by atoms with E-state index in [1.807, 2.05) is 0 Å². The van der Waals surface area contributed by atoms with Gasteiger partial charge >= 0.3 is 0 Å². The minimum absolute atomic E-state index is 0.200. The molecular weight excluding hydrogens is 301 g/mol. The molecule has 0 aromatic heterocycles. The van der Waals surface area contributed by atoms with Crippen molar-refractivity contribution in [2.45, 2.75) is 0 Å². The maximum absolute atomic E-state index is 12.9. The van der Waals surface area contributed by atoms with Gasteiger partial charge in [0.1, 0.15) is 5.69 Å². The minimum atomic E-state index is -3.15. The van der Waals surface area contributed by atoms with Gasteiger partial charge in [-0.1, -0.05) is 29.8 Å². The molecule has 0 unspecified atom stereocenters. The highest BCUT2D eigenvalue weighted by molar-refractivity contribution is 7.75. The molecule has 0 bridgehead atoms. The molecular formula is C12H9ClN3O3P. The number of anilines is 2. The van der Waals surface area contributed by atoms with Crippen LogP contribution in [-0.2, 0) is 4.57 Å². The Morgan fingerprint density at radius 2 is 1.85 bits per heavy atom. The van der Waals surface area contributed by atoms with Crippen LogP contribution in [0.5, 0.6) is 0 Å². The molecule has 0 saturated heterocycles. The monoisotopic (exact) mass is 309 g/mol. The molecule has 3 rings (SSSR count). The van der Waals surface area contributed by atoms with Crippen LogP contribution in [0.2, 0.25) is 5.02 Å². The first kappa shape index (κ1) is 13.0. The summed E-state index contributed by atoms with van der Waals surface area (Å²) < 4.78 is 12.9. The second kappa shape index (κ2) is 4.51. The molecule has 0 saturated carbocycles. The number of nitro benzene ring substituents is 1. The lowest BCUT2D eigenvalue weighted by molar-refractivity contribution is -0.383. The average molecular weight is 310 g/mol. The average Bonchev–Trinajstić information content (AvgIpc) is 2.76. The van der Waals surface area contributed by atoms with Gasteiger partial charge < -0.3 is 10.2 Å². The van der Waals surface area contributed by atoms with Crippen LogP contribution in [0.3, 0.4) is 0 Å². The molecule has 2 N–H and O–H groups in total. The Bertz CT molecular complexity index is 751. The number of benzene rings is 2. The zero-order chi connectivity index (χ0) is 14.3. The minimum Gasteiger partial charge on any atom is -0.315 e. The van der Waals surface area contributed by atoms with Crippen molar-refractivity contribution < 1.29 is 9.49 Å². The largest absolute Gasteiger partial charge is 0.315 e. The van der Waals surface area contributed by atoms with Gasteiger partial charge in [0.05, 0.1) is 15.9 Å². The van der Waals surface area contributed by atoms with E-state index in [9.17, 15) is 14.7 Å². The van der Waals surface area contributed by atoms with Crippen molar-refractivity contribution in [3.8, 4) is 0 Å². The summed E-state index contributed by atoms with van der Waals surface area (Å²) >= 11 is 5.85. The van der Waals surface area contributed by atoms with E-state index in [2.05, 4.69) is 10.2 Å². The quantitative estimate of drug-likeness (QED) is 0.503. The summed E-state index contributed by atoms with van der Waals surface area (Å²) in [7, 11) is -3.15. The molecule has 0 fully saturated rings. The third-order valence-electron chi connectivity index (χ3n) is 2.95. The van der Waals surface area contributed by atoms with Gasteiger partial charge in [-0.3, -0.25) is 14.7 Å². The molecule has 1 aliphatic rings. The van der Waals surface area contributed by atoms with E-state index in [1.54, 1.807) is 30.3 Å².